The van der Waals surface area contributed by atoms with Crippen molar-refractivity contribution in [3.05, 3.63) is 35.6 Å². The van der Waals surface area contributed by atoms with Crippen molar-refractivity contribution in [2.75, 3.05) is 6.26 Å². The van der Waals surface area contributed by atoms with Gasteiger partial charge >= 0.3 is 0 Å². The number of sulfone groups is 1. The Balaban J connectivity index is 2.75. The second-order valence-corrected chi connectivity index (χ2v) is 6.44. The zero-order valence-corrected chi connectivity index (χ0v) is 10.2. The molecule has 0 heterocycles. The summed E-state index contributed by atoms with van der Waals surface area (Å²) in [6.45, 7) is 1.57. The van der Waals surface area contributed by atoms with Crippen LogP contribution in [0.4, 0.5) is 4.39 Å². The molecule has 0 aromatic heterocycles. The van der Waals surface area contributed by atoms with Gasteiger partial charge in [-0.15, -0.1) is 0 Å². The van der Waals surface area contributed by atoms with Gasteiger partial charge in [0.25, 0.3) is 0 Å². The van der Waals surface area contributed by atoms with E-state index in [9.17, 15) is 12.8 Å². The molecule has 0 fully saturated rings. The molecule has 0 amide bonds. The van der Waals surface area contributed by atoms with E-state index in [4.69, 9.17) is 5.73 Å². The van der Waals surface area contributed by atoms with Crippen molar-refractivity contribution < 1.29 is 12.8 Å². The van der Waals surface area contributed by atoms with Crippen LogP contribution in [0.25, 0.3) is 0 Å². The summed E-state index contributed by atoms with van der Waals surface area (Å²) in [5.41, 5.74) is 6.49. The van der Waals surface area contributed by atoms with Gasteiger partial charge in [-0.1, -0.05) is 12.1 Å². The first-order valence-electron chi connectivity index (χ1n) is 4.99. The number of halogens is 1. The molecule has 2 unspecified atom stereocenters. The molecule has 0 saturated heterocycles. The summed E-state index contributed by atoms with van der Waals surface area (Å²) in [6, 6.07) is 5.52. The highest BCUT2D eigenvalue weighted by molar-refractivity contribution is 7.91. The lowest BCUT2D eigenvalue weighted by atomic mass is 10.0. The molecule has 90 valence electrons. The van der Waals surface area contributed by atoms with Crippen molar-refractivity contribution in [3.63, 3.8) is 0 Å². The van der Waals surface area contributed by atoms with Gasteiger partial charge in [-0.3, -0.25) is 0 Å². The van der Waals surface area contributed by atoms with E-state index in [1.54, 1.807) is 19.1 Å². The molecule has 0 radical (unpaired) electrons. The van der Waals surface area contributed by atoms with E-state index >= 15 is 0 Å². The van der Waals surface area contributed by atoms with E-state index in [0.29, 0.717) is 12.0 Å². The molecular formula is C11H16FNO2S. The van der Waals surface area contributed by atoms with Crippen molar-refractivity contribution in [2.45, 2.75) is 24.6 Å². The van der Waals surface area contributed by atoms with Crippen LogP contribution >= 0.6 is 0 Å². The van der Waals surface area contributed by atoms with Crippen molar-refractivity contribution in [1.82, 2.24) is 0 Å². The van der Waals surface area contributed by atoms with E-state index in [1.807, 2.05) is 0 Å². The number of hydrogen-bond acceptors (Lipinski definition) is 3. The standard InChI is InChI=1S/C11H16FNO2S/c1-8(16(2,14)15)11(13)7-9-4-3-5-10(12)6-9/h3-6,8,11H,7,13H2,1-2H3. The van der Waals surface area contributed by atoms with Crippen LogP contribution in [-0.2, 0) is 16.3 Å². The Hall–Kier alpha value is -0.940. The smallest absolute Gasteiger partial charge is 0.151 e. The van der Waals surface area contributed by atoms with Crippen LogP contribution in [0.2, 0.25) is 0 Å². The molecule has 0 saturated carbocycles. The molecule has 0 bridgehead atoms. The molecule has 3 nitrogen and oxygen atoms in total. The first-order chi connectivity index (χ1) is 7.30. The highest BCUT2D eigenvalue weighted by atomic mass is 32.2. The maximum Gasteiger partial charge on any atom is 0.151 e. The molecule has 1 aromatic rings. The Morgan fingerprint density at radius 3 is 2.56 bits per heavy atom. The van der Waals surface area contributed by atoms with Crippen molar-refractivity contribution in [2.24, 2.45) is 5.73 Å². The van der Waals surface area contributed by atoms with Crippen LogP contribution in [0.1, 0.15) is 12.5 Å². The van der Waals surface area contributed by atoms with E-state index in [0.717, 1.165) is 6.26 Å². The van der Waals surface area contributed by atoms with Crippen LogP contribution in [0.5, 0.6) is 0 Å². The third-order valence-corrected chi connectivity index (χ3v) is 4.34. The molecule has 0 spiro atoms. The van der Waals surface area contributed by atoms with Crippen molar-refractivity contribution >= 4 is 9.84 Å². The Bertz CT molecular complexity index is 459. The third-order valence-electron chi connectivity index (χ3n) is 2.64. The quantitative estimate of drug-likeness (QED) is 0.865. The lowest BCUT2D eigenvalue weighted by molar-refractivity contribution is 0.561. The summed E-state index contributed by atoms with van der Waals surface area (Å²) in [4.78, 5) is 0. The maximum atomic E-state index is 12.9. The second kappa shape index (κ2) is 4.93. The molecule has 0 aliphatic heterocycles. The second-order valence-electron chi connectivity index (χ2n) is 4.03. The van der Waals surface area contributed by atoms with Crippen LogP contribution in [0.15, 0.2) is 24.3 Å². The first-order valence-corrected chi connectivity index (χ1v) is 6.95. The van der Waals surface area contributed by atoms with Gasteiger partial charge in [-0.05, 0) is 31.0 Å². The van der Waals surface area contributed by atoms with Gasteiger partial charge < -0.3 is 5.73 Å². The predicted molar refractivity (Wildman–Crippen MR) is 62.4 cm³/mol. The van der Waals surface area contributed by atoms with E-state index < -0.39 is 21.1 Å². The van der Waals surface area contributed by atoms with E-state index in [2.05, 4.69) is 0 Å². The fourth-order valence-corrected chi connectivity index (χ4v) is 2.15. The lowest BCUT2D eigenvalue weighted by Gasteiger charge is -2.18. The first kappa shape index (κ1) is 13.1. The third kappa shape index (κ3) is 3.57. The number of nitrogens with two attached hydrogens (primary N) is 1. The van der Waals surface area contributed by atoms with Gasteiger partial charge in [0, 0.05) is 12.3 Å². The normalized spacial score (nSPS) is 15.8. The molecule has 2 N–H and O–H groups in total. The Morgan fingerprint density at radius 2 is 2.06 bits per heavy atom. The molecule has 1 aromatic carbocycles. The molecule has 0 aliphatic carbocycles. The average Bonchev–Trinajstić information content (AvgIpc) is 2.15. The molecule has 2 atom stereocenters. The number of rotatable bonds is 4. The van der Waals surface area contributed by atoms with Gasteiger partial charge in [0.2, 0.25) is 0 Å². The zero-order valence-electron chi connectivity index (χ0n) is 9.35. The minimum atomic E-state index is -3.15. The van der Waals surface area contributed by atoms with Crippen LogP contribution in [0, 0.1) is 5.82 Å². The fraction of sp³-hybridized carbons (Fsp3) is 0.455. The summed E-state index contributed by atoms with van der Waals surface area (Å²) < 4.78 is 35.4. The summed E-state index contributed by atoms with van der Waals surface area (Å²) in [7, 11) is -3.15. The van der Waals surface area contributed by atoms with Crippen LogP contribution < -0.4 is 5.73 Å². The molecule has 5 heteroatoms. The predicted octanol–water partition coefficient (Wildman–Crippen LogP) is 1.13. The van der Waals surface area contributed by atoms with Gasteiger partial charge in [0.05, 0.1) is 5.25 Å². The van der Waals surface area contributed by atoms with Crippen LogP contribution in [0.3, 0.4) is 0 Å². The number of hydrogen-bond donors (Lipinski definition) is 1. The van der Waals surface area contributed by atoms with Gasteiger partial charge in [-0.25, -0.2) is 12.8 Å². The van der Waals surface area contributed by atoms with E-state index in [1.165, 1.54) is 12.1 Å². The molecule has 0 aliphatic rings. The minimum Gasteiger partial charge on any atom is -0.326 e. The molecular weight excluding hydrogens is 229 g/mol. The molecule has 16 heavy (non-hydrogen) atoms. The lowest BCUT2D eigenvalue weighted by Crippen LogP contribution is -2.39. The summed E-state index contributed by atoms with van der Waals surface area (Å²) in [5.74, 6) is -0.336. The van der Waals surface area contributed by atoms with Gasteiger partial charge in [0.1, 0.15) is 5.82 Å². The van der Waals surface area contributed by atoms with Crippen molar-refractivity contribution in [1.29, 1.82) is 0 Å². The van der Waals surface area contributed by atoms with Crippen LogP contribution in [-0.4, -0.2) is 26.0 Å². The Kier molecular flexibility index (Phi) is 4.04. The summed E-state index contributed by atoms with van der Waals surface area (Å²) in [6.07, 6.45) is 1.51. The van der Waals surface area contributed by atoms with Crippen molar-refractivity contribution in [3.8, 4) is 0 Å². The Labute approximate surface area is 95.4 Å². The zero-order chi connectivity index (χ0) is 12.3. The minimum absolute atomic E-state index is 0.336. The average molecular weight is 245 g/mol. The highest BCUT2D eigenvalue weighted by Crippen LogP contribution is 2.10. The fourth-order valence-electron chi connectivity index (χ4n) is 1.42. The van der Waals surface area contributed by atoms with Gasteiger partial charge in [0.15, 0.2) is 9.84 Å². The monoisotopic (exact) mass is 245 g/mol. The number of benzene rings is 1. The van der Waals surface area contributed by atoms with E-state index in [-0.39, 0.29) is 5.82 Å². The topological polar surface area (TPSA) is 60.2 Å². The van der Waals surface area contributed by atoms with Gasteiger partial charge in [-0.2, -0.15) is 0 Å². The maximum absolute atomic E-state index is 12.9. The Morgan fingerprint density at radius 1 is 1.44 bits per heavy atom. The summed E-state index contributed by atoms with van der Waals surface area (Å²) >= 11 is 0. The molecule has 1 rings (SSSR count). The highest BCUT2D eigenvalue weighted by Gasteiger charge is 2.22. The largest absolute Gasteiger partial charge is 0.326 e. The SMILES string of the molecule is CC(C(N)Cc1cccc(F)c1)S(C)(=O)=O. The summed E-state index contributed by atoms with van der Waals surface area (Å²) in [5, 5.41) is -0.629.